The standard InChI is InChI=1S/C22H26N4O4S/c1-15-4-6-17(7-5-15)31(27,28)25-22-18-12-20(29-3)21(13-19(18)23-14-24-22)30-16-8-10-26(2)11-9-16/h4-7,12-14,16H,8-11H2,1-3H3,(H,23,24,25). The molecule has 164 valence electrons. The Labute approximate surface area is 182 Å². The molecule has 31 heavy (non-hydrogen) atoms. The molecule has 1 aliphatic rings. The van der Waals surface area contributed by atoms with Crippen molar-refractivity contribution in [3.05, 3.63) is 48.3 Å². The normalized spacial score (nSPS) is 15.7. The van der Waals surface area contributed by atoms with Gasteiger partial charge in [0, 0.05) is 24.5 Å². The molecule has 0 unspecified atom stereocenters. The molecule has 0 saturated carbocycles. The van der Waals surface area contributed by atoms with E-state index in [1.54, 1.807) is 43.5 Å². The lowest BCUT2D eigenvalue weighted by Gasteiger charge is -2.29. The van der Waals surface area contributed by atoms with Crippen LogP contribution < -0.4 is 14.2 Å². The van der Waals surface area contributed by atoms with Gasteiger partial charge >= 0.3 is 0 Å². The van der Waals surface area contributed by atoms with Gasteiger partial charge in [0.2, 0.25) is 0 Å². The maximum atomic E-state index is 12.8. The smallest absolute Gasteiger partial charge is 0.263 e. The number of ether oxygens (including phenoxy) is 2. The molecule has 0 bridgehead atoms. The first-order chi connectivity index (χ1) is 14.9. The van der Waals surface area contributed by atoms with E-state index < -0.39 is 10.0 Å². The van der Waals surface area contributed by atoms with E-state index in [0.29, 0.717) is 22.4 Å². The van der Waals surface area contributed by atoms with Crippen molar-refractivity contribution in [3.63, 3.8) is 0 Å². The van der Waals surface area contributed by atoms with Crippen LogP contribution in [0.15, 0.2) is 47.6 Å². The molecule has 3 aromatic rings. The molecular weight excluding hydrogens is 416 g/mol. The predicted octanol–water partition coefficient (Wildman–Crippen LogP) is 3.22. The Bertz CT molecular complexity index is 1170. The van der Waals surface area contributed by atoms with E-state index in [0.717, 1.165) is 31.5 Å². The zero-order chi connectivity index (χ0) is 22.0. The van der Waals surface area contributed by atoms with Gasteiger partial charge in [-0.3, -0.25) is 4.72 Å². The number of hydrogen-bond donors (Lipinski definition) is 1. The van der Waals surface area contributed by atoms with Crippen molar-refractivity contribution in [2.24, 2.45) is 0 Å². The number of aryl methyl sites for hydroxylation is 1. The molecule has 2 heterocycles. The Morgan fingerprint density at radius 1 is 1.06 bits per heavy atom. The summed E-state index contributed by atoms with van der Waals surface area (Å²) >= 11 is 0. The Morgan fingerprint density at radius 2 is 1.77 bits per heavy atom. The van der Waals surface area contributed by atoms with Gasteiger partial charge in [-0.1, -0.05) is 17.7 Å². The summed E-state index contributed by atoms with van der Waals surface area (Å²) in [4.78, 5) is 10.9. The van der Waals surface area contributed by atoms with Crippen LogP contribution in [-0.4, -0.2) is 56.6 Å². The lowest BCUT2D eigenvalue weighted by Crippen LogP contribution is -2.35. The second-order valence-corrected chi connectivity index (χ2v) is 9.46. The first-order valence-corrected chi connectivity index (χ1v) is 11.6. The summed E-state index contributed by atoms with van der Waals surface area (Å²) in [6, 6.07) is 10.1. The van der Waals surface area contributed by atoms with E-state index in [1.165, 1.54) is 6.33 Å². The van der Waals surface area contributed by atoms with Crippen molar-refractivity contribution in [1.29, 1.82) is 0 Å². The molecule has 1 aromatic heterocycles. The Balaban J connectivity index is 1.65. The second-order valence-electron chi connectivity index (χ2n) is 7.78. The number of nitrogens with one attached hydrogen (secondary N) is 1. The first-order valence-electron chi connectivity index (χ1n) is 10.1. The van der Waals surface area contributed by atoms with Gasteiger partial charge in [-0.2, -0.15) is 0 Å². The van der Waals surface area contributed by atoms with Crippen LogP contribution in [0.25, 0.3) is 10.9 Å². The number of methoxy groups -OCH3 is 1. The van der Waals surface area contributed by atoms with Crippen molar-refractivity contribution >= 4 is 26.7 Å². The van der Waals surface area contributed by atoms with Gasteiger partial charge in [0.15, 0.2) is 17.3 Å². The molecule has 9 heteroatoms. The maximum absolute atomic E-state index is 12.8. The summed E-state index contributed by atoms with van der Waals surface area (Å²) in [5.41, 5.74) is 1.55. The lowest BCUT2D eigenvalue weighted by atomic mass is 10.1. The molecular formula is C22H26N4O4S. The summed E-state index contributed by atoms with van der Waals surface area (Å²) in [6.45, 7) is 3.86. The Hall–Kier alpha value is -2.91. The van der Waals surface area contributed by atoms with E-state index >= 15 is 0 Å². The molecule has 0 aliphatic carbocycles. The van der Waals surface area contributed by atoms with Crippen molar-refractivity contribution in [1.82, 2.24) is 14.9 Å². The third-order valence-corrected chi connectivity index (χ3v) is 6.80. The number of rotatable bonds is 6. The van der Waals surface area contributed by atoms with Crippen molar-refractivity contribution in [2.45, 2.75) is 30.8 Å². The van der Waals surface area contributed by atoms with Crippen molar-refractivity contribution < 1.29 is 17.9 Å². The first kappa shape index (κ1) is 21.3. The minimum atomic E-state index is -3.80. The molecule has 1 aliphatic heterocycles. The number of sulfonamides is 1. The third kappa shape index (κ3) is 4.72. The van der Waals surface area contributed by atoms with E-state index in [9.17, 15) is 8.42 Å². The summed E-state index contributed by atoms with van der Waals surface area (Å²) in [5.74, 6) is 1.29. The molecule has 0 spiro atoms. The number of nitrogens with zero attached hydrogens (tertiary/aromatic N) is 3. The van der Waals surface area contributed by atoms with E-state index in [4.69, 9.17) is 9.47 Å². The van der Waals surface area contributed by atoms with Crippen LogP contribution in [0.5, 0.6) is 11.5 Å². The van der Waals surface area contributed by atoms with E-state index in [1.807, 2.05) is 6.92 Å². The number of likely N-dealkylation sites (tertiary alicyclic amines) is 1. The lowest BCUT2D eigenvalue weighted by molar-refractivity contribution is 0.111. The number of piperidine rings is 1. The van der Waals surface area contributed by atoms with Gasteiger partial charge in [-0.05, 0) is 45.0 Å². The van der Waals surface area contributed by atoms with E-state index in [2.05, 4.69) is 26.6 Å². The average Bonchev–Trinajstić information content (AvgIpc) is 2.75. The topological polar surface area (TPSA) is 93.6 Å². The minimum absolute atomic E-state index is 0.101. The van der Waals surface area contributed by atoms with Gasteiger partial charge < -0.3 is 14.4 Å². The summed E-state index contributed by atoms with van der Waals surface area (Å²) in [7, 11) is -0.138. The van der Waals surface area contributed by atoms with Crippen LogP contribution >= 0.6 is 0 Å². The maximum Gasteiger partial charge on any atom is 0.263 e. The number of aromatic nitrogens is 2. The highest BCUT2D eigenvalue weighted by Gasteiger charge is 2.22. The van der Waals surface area contributed by atoms with E-state index in [-0.39, 0.29) is 16.8 Å². The fourth-order valence-electron chi connectivity index (χ4n) is 3.58. The fraction of sp³-hybridized carbons (Fsp3) is 0.364. The van der Waals surface area contributed by atoms with Crippen LogP contribution in [0.4, 0.5) is 5.82 Å². The van der Waals surface area contributed by atoms with Gasteiger partial charge in [0.05, 0.1) is 17.5 Å². The molecule has 1 saturated heterocycles. The number of hydrogen-bond acceptors (Lipinski definition) is 7. The predicted molar refractivity (Wildman–Crippen MR) is 119 cm³/mol. The monoisotopic (exact) mass is 442 g/mol. The molecule has 8 nitrogen and oxygen atoms in total. The van der Waals surface area contributed by atoms with Crippen LogP contribution in [-0.2, 0) is 10.0 Å². The highest BCUT2D eigenvalue weighted by atomic mass is 32.2. The quantitative estimate of drug-likeness (QED) is 0.626. The van der Waals surface area contributed by atoms with Crippen LogP contribution in [0.2, 0.25) is 0 Å². The number of anilines is 1. The fourth-order valence-corrected chi connectivity index (χ4v) is 4.61. The van der Waals surface area contributed by atoms with Crippen molar-refractivity contribution in [2.75, 3.05) is 32.0 Å². The van der Waals surface area contributed by atoms with Crippen LogP contribution in [0, 0.1) is 6.92 Å². The molecule has 1 N–H and O–H groups in total. The zero-order valence-electron chi connectivity index (χ0n) is 17.8. The highest BCUT2D eigenvalue weighted by Crippen LogP contribution is 2.36. The Kier molecular flexibility index (Phi) is 5.97. The zero-order valence-corrected chi connectivity index (χ0v) is 18.6. The molecule has 0 atom stereocenters. The molecule has 2 aromatic carbocycles. The molecule has 0 radical (unpaired) electrons. The third-order valence-electron chi connectivity index (χ3n) is 5.44. The second kappa shape index (κ2) is 8.68. The largest absolute Gasteiger partial charge is 0.493 e. The van der Waals surface area contributed by atoms with Gasteiger partial charge in [0.25, 0.3) is 10.0 Å². The summed E-state index contributed by atoms with van der Waals surface area (Å²) < 4.78 is 40.0. The molecule has 0 amide bonds. The highest BCUT2D eigenvalue weighted by molar-refractivity contribution is 7.92. The van der Waals surface area contributed by atoms with Crippen LogP contribution in [0.1, 0.15) is 18.4 Å². The van der Waals surface area contributed by atoms with Gasteiger partial charge in [0.1, 0.15) is 12.4 Å². The number of benzene rings is 2. The summed E-state index contributed by atoms with van der Waals surface area (Å²) in [6.07, 6.45) is 3.30. The minimum Gasteiger partial charge on any atom is -0.493 e. The average molecular weight is 443 g/mol. The van der Waals surface area contributed by atoms with Crippen molar-refractivity contribution in [3.8, 4) is 11.5 Å². The molecule has 4 rings (SSSR count). The summed E-state index contributed by atoms with van der Waals surface area (Å²) in [5, 5.41) is 0.533. The van der Waals surface area contributed by atoms with Gasteiger partial charge in [-0.25, -0.2) is 18.4 Å². The SMILES string of the molecule is COc1cc2c(NS(=O)(=O)c3ccc(C)cc3)ncnc2cc1OC1CCN(C)CC1. The van der Waals surface area contributed by atoms with Crippen LogP contribution in [0.3, 0.4) is 0 Å². The van der Waals surface area contributed by atoms with Gasteiger partial charge in [-0.15, -0.1) is 0 Å². The number of fused-ring (bicyclic) bond motifs is 1. The molecule has 1 fully saturated rings. The Morgan fingerprint density at radius 3 is 2.45 bits per heavy atom.